The van der Waals surface area contributed by atoms with Gasteiger partial charge in [0.1, 0.15) is 0 Å². The number of piperazine rings is 1. The smallest absolute Gasteiger partial charge is 0.242 e. The summed E-state index contributed by atoms with van der Waals surface area (Å²) in [6.07, 6.45) is 2.01. The van der Waals surface area contributed by atoms with Gasteiger partial charge in [0, 0.05) is 50.6 Å². The first kappa shape index (κ1) is 18.3. The van der Waals surface area contributed by atoms with Crippen LogP contribution in [0, 0.1) is 0 Å². The van der Waals surface area contributed by atoms with Crippen molar-refractivity contribution in [3.63, 3.8) is 0 Å². The highest BCUT2D eigenvalue weighted by Crippen LogP contribution is 2.13. The molecule has 0 saturated carbocycles. The Kier molecular flexibility index (Phi) is 5.83. The molecule has 1 fully saturated rings. The molecule has 0 atom stereocenters. The van der Waals surface area contributed by atoms with Crippen LogP contribution in [0.4, 0.5) is 0 Å². The minimum absolute atomic E-state index is 0.105. The van der Waals surface area contributed by atoms with E-state index in [4.69, 9.17) is 11.6 Å². The fraction of sp³-hybridized carbons (Fsp3) is 0.368. The first-order chi connectivity index (χ1) is 12.6. The highest BCUT2D eigenvalue weighted by molar-refractivity contribution is 6.30. The van der Waals surface area contributed by atoms with Gasteiger partial charge in [-0.3, -0.25) is 9.79 Å². The molecule has 0 spiro atoms. The van der Waals surface area contributed by atoms with Gasteiger partial charge in [-0.1, -0.05) is 23.7 Å². The Morgan fingerprint density at radius 2 is 2.00 bits per heavy atom. The number of nitrogens with one attached hydrogen (secondary N) is 1. The summed E-state index contributed by atoms with van der Waals surface area (Å²) in [5, 5.41) is 4.05. The van der Waals surface area contributed by atoms with E-state index in [0.29, 0.717) is 31.2 Å². The van der Waals surface area contributed by atoms with Crippen LogP contribution in [0.3, 0.4) is 0 Å². The SMILES string of the molecule is CN=C(NCc1cccn1C)N1CCN(Cc2ccc(Cl)cc2)C(=O)C1. The van der Waals surface area contributed by atoms with Crippen LogP contribution >= 0.6 is 11.6 Å². The Labute approximate surface area is 159 Å². The van der Waals surface area contributed by atoms with Gasteiger partial charge < -0.3 is 19.7 Å². The summed E-state index contributed by atoms with van der Waals surface area (Å²) in [5.41, 5.74) is 2.25. The lowest BCUT2D eigenvalue weighted by molar-refractivity contribution is -0.135. The van der Waals surface area contributed by atoms with Crippen LogP contribution < -0.4 is 5.32 Å². The van der Waals surface area contributed by atoms with Crippen molar-refractivity contribution in [2.24, 2.45) is 12.0 Å². The molecule has 3 rings (SSSR count). The van der Waals surface area contributed by atoms with Crippen molar-refractivity contribution in [3.05, 3.63) is 58.9 Å². The Morgan fingerprint density at radius 3 is 2.62 bits per heavy atom. The monoisotopic (exact) mass is 373 g/mol. The van der Waals surface area contributed by atoms with Gasteiger partial charge in [-0.15, -0.1) is 0 Å². The zero-order valence-electron chi connectivity index (χ0n) is 15.2. The second-order valence-corrected chi connectivity index (χ2v) is 6.81. The molecule has 0 aliphatic carbocycles. The minimum atomic E-state index is 0.105. The molecule has 26 heavy (non-hydrogen) atoms. The molecule has 0 radical (unpaired) electrons. The van der Waals surface area contributed by atoms with Crippen LogP contribution in [0.2, 0.25) is 5.02 Å². The van der Waals surface area contributed by atoms with Crippen molar-refractivity contribution in [2.75, 3.05) is 26.7 Å². The molecule has 1 aliphatic heterocycles. The van der Waals surface area contributed by atoms with Crippen LogP contribution in [0.15, 0.2) is 47.6 Å². The standard InChI is InChI=1S/C19H24ClN5O/c1-21-19(22-12-17-4-3-9-23(17)2)25-11-10-24(18(26)14-25)13-15-5-7-16(20)8-6-15/h3-9H,10-14H2,1-2H3,(H,21,22). The fourth-order valence-corrected chi connectivity index (χ4v) is 3.17. The number of aromatic nitrogens is 1. The predicted octanol–water partition coefficient (Wildman–Crippen LogP) is 2.10. The molecular weight excluding hydrogens is 350 g/mol. The number of nitrogens with zero attached hydrogens (tertiary/aromatic N) is 4. The molecular formula is C19H24ClN5O. The summed E-state index contributed by atoms with van der Waals surface area (Å²) in [7, 11) is 3.76. The van der Waals surface area contributed by atoms with Crippen LogP contribution in [-0.2, 0) is 24.9 Å². The highest BCUT2D eigenvalue weighted by atomic mass is 35.5. The normalized spacial score (nSPS) is 15.5. The molecule has 7 heteroatoms. The summed E-state index contributed by atoms with van der Waals surface area (Å²) < 4.78 is 2.06. The lowest BCUT2D eigenvalue weighted by Gasteiger charge is -2.36. The van der Waals surface area contributed by atoms with E-state index in [9.17, 15) is 4.79 Å². The van der Waals surface area contributed by atoms with Crippen LogP contribution in [0.1, 0.15) is 11.3 Å². The van der Waals surface area contributed by atoms with Gasteiger partial charge in [0.05, 0.1) is 13.1 Å². The molecule has 2 aromatic rings. The van der Waals surface area contributed by atoms with Crippen molar-refractivity contribution in [3.8, 4) is 0 Å². The summed E-state index contributed by atoms with van der Waals surface area (Å²) in [5.74, 6) is 0.860. The molecule has 1 aliphatic rings. The average molecular weight is 374 g/mol. The van der Waals surface area contributed by atoms with Crippen molar-refractivity contribution < 1.29 is 4.79 Å². The molecule has 6 nitrogen and oxygen atoms in total. The Balaban J connectivity index is 1.55. The zero-order valence-corrected chi connectivity index (χ0v) is 15.9. The topological polar surface area (TPSA) is 52.9 Å². The first-order valence-corrected chi connectivity index (χ1v) is 9.02. The number of halogens is 1. The molecule has 2 heterocycles. The maximum atomic E-state index is 12.6. The number of rotatable bonds is 4. The molecule has 1 aromatic carbocycles. The third-order valence-corrected chi connectivity index (χ3v) is 4.85. The number of hydrogen-bond donors (Lipinski definition) is 1. The number of guanidine groups is 1. The number of carbonyl (C=O) groups excluding carboxylic acids is 1. The number of amides is 1. The van der Waals surface area contributed by atoms with Crippen LogP contribution in [-0.4, -0.2) is 52.9 Å². The highest BCUT2D eigenvalue weighted by Gasteiger charge is 2.25. The molecule has 0 unspecified atom stereocenters. The molecule has 138 valence electrons. The molecule has 1 N–H and O–H groups in total. The second-order valence-electron chi connectivity index (χ2n) is 6.37. The largest absolute Gasteiger partial charge is 0.353 e. The summed E-state index contributed by atoms with van der Waals surface area (Å²) >= 11 is 5.92. The number of aliphatic imine (C=N–C) groups is 1. The lowest BCUT2D eigenvalue weighted by atomic mass is 10.2. The van der Waals surface area contributed by atoms with Crippen LogP contribution in [0.5, 0.6) is 0 Å². The van der Waals surface area contributed by atoms with Gasteiger partial charge in [-0.05, 0) is 29.8 Å². The van der Waals surface area contributed by atoms with E-state index in [1.54, 1.807) is 7.05 Å². The third-order valence-electron chi connectivity index (χ3n) is 4.60. The fourth-order valence-electron chi connectivity index (χ4n) is 3.05. The molecule has 1 saturated heterocycles. The van der Waals surface area contributed by atoms with Crippen molar-refractivity contribution in [2.45, 2.75) is 13.1 Å². The van der Waals surface area contributed by atoms with Gasteiger partial charge in [0.15, 0.2) is 5.96 Å². The molecule has 1 amide bonds. The van der Waals surface area contributed by atoms with Gasteiger partial charge in [-0.2, -0.15) is 0 Å². The van der Waals surface area contributed by atoms with E-state index >= 15 is 0 Å². The predicted molar refractivity (Wildman–Crippen MR) is 104 cm³/mol. The Morgan fingerprint density at radius 1 is 1.23 bits per heavy atom. The second kappa shape index (κ2) is 8.27. The first-order valence-electron chi connectivity index (χ1n) is 8.65. The number of benzene rings is 1. The van der Waals surface area contributed by atoms with E-state index in [0.717, 1.165) is 18.1 Å². The summed E-state index contributed by atoms with van der Waals surface area (Å²) in [6.45, 7) is 3.05. The van der Waals surface area contributed by atoms with Gasteiger partial charge in [0.2, 0.25) is 5.91 Å². The lowest BCUT2D eigenvalue weighted by Crippen LogP contribution is -2.54. The van der Waals surface area contributed by atoms with E-state index in [2.05, 4.69) is 20.9 Å². The summed E-state index contributed by atoms with van der Waals surface area (Å²) in [4.78, 5) is 20.8. The van der Waals surface area contributed by atoms with E-state index in [1.165, 1.54) is 5.69 Å². The van der Waals surface area contributed by atoms with E-state index < -0.39 is 0 Å². The zero-order chi connectivity index (χ0) is 18.5. The van der Waals surface area contributed by atoms with Gasteiger partial charge in [-0.25, -0.2) is 0 Å². The number of carbonyl (C=O) groups is 1. The molecule has 1 aromatic heterocycles. The van der Waals surface area contributed by atoms with Gasteiger partial charge in [0.25, 0.3) is 0 Å². The summed E-state index contributed by atoms with van der Waals surface area (Å²) in [6, 6.07) is 11.7. The minimum Gasteiger partial charge on any atom is -0.353 e. The van der Waals surface area contributed by atoms with E-state index in [1.807, 2.05) is 53.4 Å². The van der Waals surface area contributed by atoms with Gasteiger partial charge >= 0.3 is 0 Å². The number of hydrogen-bond acceptors (Lipinski definition) is 2. The van der Waals surface area contributed by atoms with Crippen molar-refractivity contribution >= 4 is 23.5 Å². The van der Waals surface area contributed by atoms with Crippen molar-refractivity contribution in [1.82, 2.24) is 19.7 Å². The maximum Gasteiger partial charge on any atom is 0.242 e. The average Bonchev–Trinajstić information content (AvgIpc) is 3.04. The number of aryl methyl sites for hydroxylation is 1. The quantitative estimate of drug-likeness (QED) is 0.659. The third kappa shape index (κ3) is 4.38. The van der Waals surface area contributed by atoms with E-state index in [-0.39, 0.29) is 5.91 Å². The maximum absolute atomic E-state index is 12.6. The van der Waals surface area contributed by atoms with Crippen molar-refractivity contribution in [1.29, 1.82) is 0 Å². The van der Waals surface area contributed by atoms with Crippen LogP contribution in [0.25, 0.3) is 0 Å². The Bertz CT molecular complexity index is 783. The Hall–Kier alpha value is -2.47. The molecule has 0 bridgehead atoms.